The van der Waals surface area contributed by atoms with E-state index in [1.807, 2.05) is 18.2 Å². The summed E-state index contributed by atoms with van der Waals surface area (Å²) in [5.74, 6) is 0.558. The Morgan fingerprint density at radius 3 is 1.64 bits per heavy atom. The number of benzene rings is 3. The van der Waals surface area contributed by atoms with Crippen molar-refractivity contribution in [3.05, 3.63) is 85.8 Å². The summed E-state index contributed by atoms with van der Waals surface area (Å²) in [6.07, 6.45) is 0. The lowest BCUT2D eigenvalue weighted by atomic mass is 10.0. The zero-order valence-corrected chi connectivity index (χ0v) is 17.9. The summed E-state index contributed by atoms with van der Waals surface area (Å²) >= 11 is 32.2. The molecule has 0 aliphatic heterocycles. The number of halogens is 5. The number of H-pyrrole nitrogens is 1. The van der Waals surface area contributed by atoms with E-state index in [9.17, 15) is 0 Å². The molecule has 0 amide bonds. The number of rotatable bonds is 3. The van der Waals surface area contributed by atoms with Gasteiger partial charge in [0.25, 0.3) is 0 Å². The summed E-state index contributed by atoms with van der Waals surface area (Å²) in [5, 5.41) is 2.45. The van der Waals surface area contributed by atoms with Gasteiger partial charge in [-0.15, -0.1) is 0 Å². The van der Waals surface area contributed by atoms with Gasteiger partial charge in [0, 0.05) is 16.7 Å². The molecule has 4 rings (SSSR count). The van der Waals surface area contributed by atoms with Crippen LogP contribution in [0.3, 0.4) is 0 Å². The second kappa shape index (κ2) is 7.98. The molecule has 0 atom stereocenters. The third-order valence-corrected chi connectivity index (χ3v) is 5.83. The van der Waals surface area contributed by atoms with Gasteiger partial charge in [-0.1, -0.05) is 82.3 Å². The fourth-order valence-corrected chi connectivity index (χ4v) is 4.36. The minimum atomic E-state index is 0.467. The van der Waals surface area contributed by atoms with Gasteiger partial charge in [0.05, 0.1) is 36.5 Å². The lowest BCUT2D eigenvalue weighted by Crippen LogP contribution is -1.88. The lowest BCUT2D eigenvalue weighted by molar-refractivity contribution is 1.31. The Labute approximate surface area is 187 Å². The standard InChI is InChI=1S/C21H11Cl5N2/c22-12-6-2-1-5-11(12)21-27-19(17-13(23)7-3-8-14(17)24)20(28-21)18-15(25)9-4-10-16(18)26/h1-10H,(H,27,28). The minimum absolute atomic E-state index is 0.467. The molecule has 0 saturated carbocycles. The summed E-state index contributed by atoms with van der Waals surface area (Å²) in [4.78, 5) is 8.07. The van der Waals surface area contributed by atoms with Crippen molar-refractivity contribution in [1.82, 2.24) is 9.97 Å². The molecule has 4 aromatic rings. The van der Waals surface area contributed by atoms with E-state index in [2.05, 4.69) is 4.98 Å². The van der Waals surface area contributed by atoms with Crippen molar-refractivity contribution in [1.29, 1.82) is 0 Å². The maximum absolute atomic E-state index is 6.47. The maximum atomic E-state index is 6.47. The highest BCUT2D eigenvalue weighted by atomic mass is 35.5. The maximum Gasteiger partial charge on any atom is 0.140 e. The molecule has 2 nitrogen and oxygen atoms in total. The summed E-state index contributed by atoms with van der Waals surface area (Å²) in [6, 6.07) is 18.0. The Kier molecular flexibility index (Phi) is 5.59. The van der Waals surface area contributed by atoms with Crippen LogP contribution in [-0.2, 0) is 0 Å². The molecular weight excluding hydrogens is 458 g/mol. The zero-order chi connectivity index (χ0) is 19.8. The normalized spacial score (nSPS) is 11.0. The molecule has 1 heterocycles. The monoisotopic (exact) mass is 466 g/mol. The fourth-order valence-electron chi connectivity index (χ4n) is 2.98. The second-order valence-corrected chi connectivity index (χ2v) is 8.02. The molecule has 0 unspecified atom stereocenters. The molecular formula is C21H11Cl5N2. The van der Waals surface area contributed by atoms with Crippen molar-refractivity contribution < 1.29 is 0 Å². The summed E-state index contributed by atoms with van der Waals surface area (Å²) in [5.41, 5.74) is 3.10. The van der Waals surface area contributed by atoms with E-state index < -0.39 is 0 Å². The number of hydrogen-bond donors (Lipinski definition) is 1. The van der Waals surface area contributed by atoms with Crippen LogP contribution in [0.25, 0.3) is 33.9 Å². The van der Waals surface area contributed by atoms with Crippen LogP contribution in [0.15, 0.2) is 60.7 Å². The third kappa shape index (κ3) is 3.52. The van der Waals surface area contributed by atoms with Crippen molar-refractivity contribution in [3.63, 3.8) is 0 Å². The highest BCUT2D eigenvalue weighted by Crippen LogP contribution is 2.44. The second-order valence-electron chi connectivity index (χ2n) is 5.98. The Morgan fingerprint density at radius 1 is 0.571 bits per heavy atom. The molecule has 0 aliphatic rings. The van der Waals surface area contributed by atoms with Crippen molar-refractivity contribution >= 4 is 58.0 Å². The third-order valence-electron chi connectivity index (χ3n) is 4.25. The Balaban J connectivity index is 2.06. The quantitative estimate of drug-likeness (QED) is 0.320. The average molecular weight is 469 g/mol. The van der Waals surface area contributed by atoms with E-state index in [-0.39, 0.29) is 0 Å². The number of hydrogen-bond acceptors (Lipinski definition) is 1. The van der Waals surface area contributed by atoms with Crippen LogP contribution in [0.5, 0.6) is 0 Å². The van der Waals surface area contributed by atoms with Crippen LogP contribution < -0.4 is 0 Å². The first-order chi connectivity index (χ1) is 13.5. The van der Waals surface area contributed by atoms with Crippen LogP contribution in [-0.4, -0.2) is 9.97 Å². The molecule has 1 N–H and O–H groups in total. The van der Waals surface area contributed by atoms with E-state index in [1.54, 1.807) is 42.5 Å². The van der Waals surface area contributed by atoms with Gasteiger partial charge in [0.15, 0.2) is 0 Å². The Bertz CT molecular complexity index is 1070. The number of nitrogens with one attached hydrogen (secondary N) is 1. The van der Waals surface area contributed by atoms with E-state index >= 15 is 0 Å². The largest absolute Gasteiger partial charge is 0.337 e. The molecule has 3 aromatic carbocycles. The van der Waals surface area contributed by atoms with Gasteiger partial charge in [-0.25, -0.2) is 4.98 Å². The molecule has 0 spiro atoms. The molecule has 0 radical (unpaired) electrons. The topological polar surface area (TPSA) is 28.7 Å². The van der Waals surface area contributed by atoms with E-state index in [1.165, 1.54) is 0 Å². The van der Waals surface area contributed by atoms with Crippen molar-refractivity contribution in [2.24, 2.45) is 0 Å². The number of nitrogens with zero attached hydrogens (tertiary/aromatic N) is 1. The first kappa shape index (κ1) is 19.6. The van der Waals surface area contributed by atoms with Crippen LogP contribution in [0.1, 0.15) is 0 Å². The van der Waals surface area contributed by atoms with Crippen LogP contribution in [0.2, 0.25) is 25.1 Å². The Hall–Kier alpha value is -1.68. The van der Waals surface area contributed by atoms with Crippen LogP contribution in [0, 0.1) is 0 Å². The molecule has 0 saturated heterocycles. The highest BCUT2D eigenvalue weighted by Gasteiger charge is 2.23. The summed E-state index contributed by atoms with van der Waals surface area (Å²) in [7, 11) is 0. The van der Waals surface area contributed by atoms with Gasteiger partial charge in [0.2, 0.25) is 0 Å². The van der Waals surface area contributed by atoms with Gasteiger partial charge in [-0.05, 0) is 36.4 Å². The Morgan fingerprint density at radius 2 is 1.07 bits per heavy atom. The SMILES string of the molecule is Clc1ccccc1-c1nc(-c2c(Cl)cccc2Cl)c(-c2c(Cl)cccc2Cl)[nH]1. The molecule has 140 valence electrons. The van der Waals surface area contributed by atoms with Crippen molar-refractivity contribution in [3.8, 4) is 33.9 Å². The first-order valence-corrected chi connectivity index (χ1v) is 10.1. The summed E-state index contributed by atoms with van der Waals surface area (Å²) in [6.45, 7) is 0. The molecule has 0 bridgehead atoms. The van der Waals surface area contributed by atoms with Crippen LogP contribution >= 0.6 is 58.0 Å². The van der Waals surface area contributed by atoms with Crippen molar-refractivity contribution in [2.75, 3.05) is 0 Å². The molecule has 28 heavy (non-hydrogen) atoms. The average Bonchev–Trinajstić information content (AvgIpc) is 3.06. The van der Waals surface area contributed by atoms with E-state index in [0.717, 1.165) is 5.56 Å². The van der Waals surface area contributed by atoms with Gasteiger partial charge in [-0.2, -0.15) is 0 Å². The predicted molar refractivity (Wildman–Crippen MR) is 120 cm³/mol. The number of aromatic amines is 1. The van der Waals surface area contributed by atoms with Crippen LogP contribution in [0.4, 0.5) is 0 Å². The van der Waals surface area contributed by atoms with E-state index in [4.69, 9.17) is 63.0 Å². The number of aromatic nitrogens is 2. The zero-order valence-electron chi connectivity index (χ0n) is 14.1. The number of imidazole rings is 1. The van der Waals surface area contributed by atoms with Gasteiger partial charge in [-0.3, -0.25) is 0 Å². The minimum Gasteiger partial charge on any atom is -0.337 e. The molecule has 1 aromatic heterocycles. The van der Waals surface area contributed by atoms with Gasteiger partial charge in [0.1, 0.15) is 5.82 Å². The predicted octanol–water partition coefficient (Wildman–Crippen LogP) is 8.68. The molecule has 0 fully saturated rings. The van der Waals surface area contributed by atoms with Crippen molar-refractivity contribution in [2.45, 2.75) is 0 Å². The smallest absolute Gasteiger partial charge is 0.140 e. The first-order valence-electron chi connectivity index (χ1n) is 8.21. The molecule has 0 aliphatic carbocycles. The fraction of sp³-hybridized carbons (Fsp3) is 0. The van der Waals surface area contributed by atoms with Gasteiger partial charge < -0.3 is 4.98 Å². The van der Waals surface area contributed by atoms with Gasteiger partial charge >= 0.3 is 0 Å². The highest BCUT2D eigenvalue weighted by molar-refractivity contribution is 6.41. The summed E-state index contributed by atoms with van der Waals surface area (Å²) < 4.78 is 0. The van der Waals surface area contributed by atoms with E-state index in [0.29, 0.717) is 53.5 Å². The lowest BCUT2D eigenvalue weighted by Gasteiger charge is -2.10. The molecule has 7 heteroatoms.